The van der Waals surface area contributed by atoms with Gasteiger partial charge in [-0.3, -0.25) is 4.79 Å². The quantitative estimate of drug-likeness (QED) is 0.816. The second-order valence-corrected chi connectivity index (χ2v) is 6.38. The summed E-state index contributed by atoms with van der Waals surface area (Å²) >= 11 is 3.48. The van der Waals surface area contributed by atoms with Crippen molar-refractivity contribution in [3.63, 3.8) is 0 Å². The molecule has 118 valence electrons. The lowest BCUT2D eigenvalue weighted by Gasteiger charge is -2.21. The maximum atomic E-state index is 11.9. The Bertz CT molecular complexity index is 477. The number of carbonyl (C=O) groups excluding carboxylic acids is 1. The molecule has 1 atom stereocenters. The number of amides is 1. The number of halogens is 1. The third-order valence-corrected chi connectivity index (χ3v) is 4.16. The number of nitrogens with zero attached hydrogens (tertiary/aromatic N) is 1. The summed E-state index contributed by atoms with van der Waals surface area (Å²) in [5, 5.41) is 0. The molecule has 0 radical (unpaired) electrons. The third kappa shape index (κ3) is 5.67. The van der Waals surface area contributed by atoms with Crippen molar-refractivity contribution in [3.05, 3.63) is 28.2 Å². The molecule has 0 saturated carbocycles. The number of hydrogen-bond donors (Lipinski definition) is 1. The number of likely N-dealkylation sites (N-methyl/N-ethyl adjacent to an activating group) is 1. The molecule has 0 aliphatic rings. The van der Waals surface area contributed by atoms with Crippen molar-refractivity contribution in [1.29, 1.82) is 0 Å². The molecule has 1 amide bonds. The maximum absolute atomic E-state index is 11.9. The molecule has 1 unspecified atom stereocenters. The van der Waals surface area contributed by atoms with E-state index in [0.29, 0.717) is 5.75 Å². The van der Waals surface area contributed by atoms with E-state index in [9.17, 15) is 4.79 Å². The van der Waals surface area contributed by atoms with Gasteiger partial charge in [0.25, 0.3) is 5.91 Å². The average Bonchev–Trinajstić information content (AvgIpc) is 2.44. The van der Waals surface area contributed by atoms with Crippen molar-refractivity contribution < 1.29 is 9.53 Å². The zero-order valence-electron chi connectivity index (χ0n) is 13.2. The Hall–Kier alpha value is -1.07. The normalized spacial score (nSPS) is 12.3. The number of benzene rings is 1. The number of nitrogens with two attached hydrogens (primary N) is 1. The van der Waals surface area contributed by atoms with Gasteiger partial charge < -0.3 is 15.4 Å². The third-order valence-electron chi connectivity index (χ3n) is 3.54. The monoisotopic (exact) mass is 356 g/mol. The largest absolute Gasteiger partial charge is 0.483 e. The van der Waals surface area contributed by atoms with E-state index < -0.39 is 0 Å². The first-order valence-electron chi connectivity index (χ1n) is 7.27. The fourth-order valence-electron chi connectivity index (χ4n) is 1.76. The van der Waals surface area contributed by atoms with Crippen LogP contribution in [0.3, 0.4) is 0 Å². The fourth-order valence-corrected chi connectivity index (χ4v) is 2.31. The summed E-state index contributed by atoms with van der Waals surface area (Å²) in [7, 11) is 1.78. The van der Waals surface area contributed by atoms with Gasteiger partial charge in [-0.05, 0) is 60.3 Å². The van der Waals surface area contributed by atoms with Gasteiger partial charge in [0.15, 0.2) is 6.61 Å². The average molecular weight is 357 g/mol. The number of ether oxygens (including phenoxy) is 1. The Morgan fingerprint density at radius 3 is 2.62 bits per heavy atom. The molecule has 0 fully saturated rings. The second kappa shape index (κ2) is 8.39. The summed E-state index contributed by atoms with van der Waals surface area (Å²) in [5.74, 6) is 0.642. The Morgan fingerprint density at radius 1 is 1.43 bits per heavy atom. The lowest BCUT2D eigenvalue weighted by molar-refractivity contribution is -0.133. The van der Waals surface area contributed by atoms with Crippen molar-refractivity contribution in [3.8, 4) is 5.75 Å². The van der Waals surface area contributed by atoms with E-state index in [1.54, 1.807) is 11.9 Å². The highest BCUT2D eigenvalue weighted by atomic mass is 79.9. The summed E-state index contributed by atoms with van der Waals surface area (Å²) in [6.07, 6.45) is 1.79. The highest BCUT2D eigenvalue weighted by Crippen LogP contribution is 2.26. The Labute approximate surface area is 135 Å². The molecule has 0 aromatic heterocycles. The van der Waals surface area contributed by atoms with Gasteiger partial charge >= 0.3 is 0 Å². The molecule has 0 aliphatic carbocycles. The molecular weight excluding hydrogens is 332 g/mol. The molecule has 1 aromatic rings. The molecule has 0 bridgehead atoms. The molecule has 21 heavy (non-hydrogen) atoms. The molecule has 0 spiro atoms. The molecule has 0 saturated heterocycles. The van der Waals surface area contributed by atoms with Crippen LogP contribution < -0.4 is 10.5 Å². The molecular formula is C16H25BrN2O2. The minimum Gasteiger partial charge on any atom is -0.483 e. The van der Waals surface area contributed by atoms with E-state index in [1.165, 1.54) is 0 Å². The SMILES string of the molecule is CCC(N)Cc1ccc(OCC(=O)N(C)C(C)C)c(Br)c1. The smallest absolute Gasteiger partial charge is 0.260 e. The maximum Gasteiger partial charge on any atom is 0.260 e. The van der Waals surface area contributed by atoms with Gasteiger partial charge in [0.1, 0.15) is 5.75 Å². The molecule has 0 heterocycles. The number of rotatable bonds is 7. The second-order valence-electron chi connectivity index (χ2n) is 5.52. The van der Waals surface area contributed by atoms with E-state index in [4.69, 9.17) is 10.5 Å². The predicted octanol–water partition coefficient (Wildman–Crippen LogP) is 2.97. The molecule has 1 aromatic carbocycles. The van der Waals surface area contributed by atoms with E-state index >= 15 is 0 Å². The van der Waals surface area contributed by atoms with Gasteiger partial charge in [-0.1, -0.05) is 13.0 Å². The Balaban J connectivity index is 2.63. The van der Waals surface area contributed by atoms with E-state index in [-0.39, 0.29) is 24.6 Å². The zero-order chi connectivity index (χ0) is 16.0. The summed E-state index contributed by atoms with van der Waals surface area (Å²) in [6.45, 7) is 6.06. The zero-order valence-corrected chi connectivity index (χ0v) is 14.8. The van der Waals surface area contributed by atoms with Crippen LogP contribution in [-0.4, -0.2) is 36.5 Å². The van der Waals surface area contributed by atoms with Crippen LogP contribution in [0.5, 0.6) is 5.75 Å². The summed E-state index contributed by atoms with van der Waals surface area (Å²) in [6, 6.07) is 6.21. The first-order chi connectivity index (χ1) is 9.85. The number of hydrogen-bond acceptors (Lipinski definition) is 3. The van der Waals surface area contributed by atoms with Crippen molar-refractivity contribution in [2.45, 2.75) is 45.7 Å². The van der Waals surface area contributed by atoms with Gasteiger partial charge in [-0.15, -0.1) is 0 Å². The standard InChI is InChI=1S/C16H25BrN2O2/c1-5-13(18)8-12-6-7-15(14(17)9-12)21-10-16(20)19(4)11(2)3/h6-7,9,11,13H,5,8,10,18H2,1-4H3. The van der Waals surface area contributed by atoms with Crippen LogP contribution >= 0.6 is 15.9 Å². The van der Waals surface area contributed by atoms with Gasteiger partial charge in [-0.25, -0.2) is 0 Å². The van der Waals surface area contributed by atoms with Gasteiger partial charge in [-0.2, -0.15) is 0 Å². The van der Waals surface area contributed by atoms with Crippen LogP contribution in [0.15, 0.2) is 22.7 Å². The Morgan fingerprint density at radius 2 is 2.10 bits per heavy atom. The molecule has 4 nitrogen and oxygen atoms in total. The van der Waals surface area contributed by atoms with Crippen LogP contribution in [0, 0.1) is 0 Å². The number of carbonyl (C=O) groups is 1. The highest BCUT2D eigenvalue weighted by Gasteiger charge is 2.13. The fraction of sp³-hybridized carbons (Fsp3) is 0.562. The summed E-state index contributed by atoms with van der Waals surface area (Å²) in [4.78, 5) is 13.6. The van der Waals surface area contributed by atoms with Crippen LogP contribution in [-0.2, 0) is 11.2 Å². The predicted molar refractivity (Wildman–Crippen MR) is 89.5 cm³/mol. The van der Waals surface area contributed by atoms with Crippen molar-refractivity contribution >= 4 is 21.8 Å². The lowest BCUT2D eigenvalue weighted by atomic mass is 10.0. The van der Waals surface area contributed by atoms with E-state index in [1.807, 2.05) is 32.0 Å². The van der Waals surface area contributed by atoms with Crippen LogP contribution in [0.1, 0.15) is 32.8 Å². The van der Waals surface area contributed by atoms with E-state index in [2.05, 4.69) is 22.9 Å². The lowest BCUT2D eigenvalue weighted by Crippen LogP contribution is -2.36. The van der Waals surface area contributed by atoms with Gasteiger partial charge in [0, 0.05) is 19.1 Å². The molecule has 1 rings (SSSR count). The van der Waals surface area contributed by atoms with Crippen molar-refractivity contribution in [2.75, 3.05) is 13.7 Å². The minimum atomic E-state index is -0.0334. The van der Waals surface area contributed by atoms with Crippen molar-refractivity contribution in [2.24, 2.45) is 5.73 Å². The summed E-state index contributed by atoms with van der Waals surface area (Å²) in [5.41, 5.74) is 7.12. The van der Waals surface area contributed by atoms with Gasteiger partial charge in [0.2, 0.25) is 0 Å². The first kappa shape index (κ1) is 18.0. The molecule has 2 N–H and O–H groups in total. The minimum absolute atomic E-state index is 0.0334. The van der Waals surface area contributed by atoms with Crippen LogP contribution in [0.4, 0.5) is 0 Å². The molecule has 5 heteroatoms. The summed E-state index contributed by atoms with van der Waals surface area (Å²) < 4.78 is 6.44. The van der Waals surface area contributed by atoms with E-state index in [0.717, 1.165) is 22.9 Å². The highest BCUT2D eigenvalue weighted by molar-refractivity contribution is 9.10. The van der Waals surface area contributed by atoms with Gasteiger partial charge in [0.05, 0.1) is 4.47 Å². The first-order valence-corrected chi connectivity index (χ1v) is 8.06. The van der Waals surface area contributed by atoms with Crippen LogP contribution in [0.25, 0.3) is 0 Å². The molecule has 0 aliphatic heterocycles. The Kier molecular flexibility index (Phi) is 7.18. The van der Waals surface area contributed by atoms with Crippen molar-refractivity contribution in [1.82, 2.24) is 4.90 Å². The topological polar surface area (TPSA) is 55.6 Å². The van der Waals surface area contributed by atoms with Crippen LogP contribution in [0.2, 0.25) is 0 Å².